The topological polar surface area (TPSA) is 80.9 Å². The number of amides is 1. The maximum Gasteiger partial charge on any atom is 0.269 e. The van der Waals surface area contributed by atoms with Crippen LogP contribution in [0.25, 0.3) is 10.2 Å². The van der Waals surface area contributed by atoms with Crippen molar-refractivity contribution in [3.05, 3.63) is 46.6 Å². The Hall–Kier alpha value is -2.47. The molecule has 0 saturated carbocycles. The molecule has 0 saturated heterocycles. The molecule has 3 aromatic heterocycles. The normalized spacial score (nSPS) is 11.2. The molecule has 0 bridgehead atoms. The van der Waals surface area contributed by atoms with E-state index in [1.165, 1.54) is 11.3 Å². The average molecular weight is 340 g/mol. The number of hydrogen-bond donors (Lipinski definition) is 2. The molecule has 0 aliphatic rings. The average Bonchev–Trinajstić information content (AvgIpc) is 2.85. The molecule has 5 nitrogen and oxygen atoms in total. The summed E-state index contributed by atoms with van der Waals surface area (Å²) in [4.78, 5) is 22.7. The summed E-state index contributed by atoms with van der Waals surface area (Å²) in [6.07, 6.45) is 2.55. The van der Waals surface area contributed by atoms with Gasteiger partial charge in [-0.15, -0.1) is 11.3 Å². The standard InChI is InChI=1S/C18H20N4OS/c1-10(2)9-12-6-7-13-14(19)15(24-18(13)21-12)17(23)22-16-11(3)5-4-8-20-16/h4-8,10H,9,19H2,1-3H3,(H,20,22,23). The summed E-state index contributed by atoms with van der Waals surface area (Å²) in [5.41, 5.74) is 8.57. The fourth-order valence-electron chi connectivity index (χ4n) is 2.52. The molecule has 0 aromatic carbocycles. The minimum absolute atomic E-state index is 0.247. The first kappa shape index (κ1) is 16.4. The highest BCUT2D eigenvalue weighted by molar-refractivity contribution is 7.21. The van der Waals surface area contributed by atoms with Crippen molar-refractivity contribution in [1.82, 2.24) is 9.97 Å². The number of fused-ring (bicyclic) bond motifs is 1. The van der Waals surface area contributed by atoms with Crippen LogP contribution in [0.5, 0.6) is 0 Å². The predicted octanol–water partition coefficient (Wildman–Crippen LogP) is 4.03. The van der Waals surface area contributed by atoms with Gasteiger partial charge in [-0.1, -0.05) is 19.9 Å². The number of nitrogen functional groups attached to an aromatic ring is 1. The van der Waals surface area contributed by atoms with Crippen LogP contribution in [0.4, 0.5) is 11.5 Å². The SMILES string of the molecule is Cc1cccnc1NC(=O)c1sc2nc(CC(C)C)ccc2c1N. The monoisotopic (exact) mass is 340 g/mol. The lowest BCUT2D eigenvalue weighted by atomic mass is 10.1. The summed E-state index contributed by atoms with van der Waals surface area (Å²) < 4.78 is 0. The van der Waals surface area contributed by atoms with E-state index in [-0.39, 0.29) is 5.91 Å². The van der Waals surface area contributed by atoms with Gasteiger partial charge in [0.25, 0.3) is 5.91 Å². The summed E-state index contributed by atoms with van der Waals surface area (Å²) in [7, 11) is 0. The van der Waals surface area contributed by atoms with E-state index in [9.17, 15) is 4.79 Å². The van der Waals surface area contributed by atoms with Crippen LogP contribution in [0, 0.1) is 12.8 Å². The van der Waals surface area contributed by atoms with Crippen LogP contribution in [0.1, 0.15) is 34.8 Å². The molecule has 124 valence electrons. The Labute approximate surface area is 144 Å². The summed E-state index contributed by atoms with van der Waals surface area (Å²) in [5.74, 6) is 0.831. The summed E-state index contributed by atoms with van der Waals surface area (Å²) in [5, 5.41) is 3.66. The van der Waals surface area contributed by atoms with Crippen LogP contribution in [0.15, 0.2) is 30.5 Å². The Balaban J connectivity index is 1.93. The number of carbonyl (C=O) groups is 1. The quantitative estimate of drug-likeness (QED) is 0.751. The molecule has 0 spiro atoms. The second kappa shape index (κ2) is 6.57. The summed E-state index contributed by atoms with van der Waals surface area (Å²) >= 11 is 1.32. The molecule has 0 aliphatic heterocycles. The first-order valence-electron chi connectivity index (χ1n) is 7.86. The minimum Gasteiger partial charge on any atom is -0.397 e. The Morgan fingerprint density at radius 2 is 2.12 bits per heavy atom. The van der Waals surface area contributed by atoms with Crippen molar-refractivity contribution in [3.63, 3.8) is 0 Å². The maximum atomic E-state index is 12.6. The number of pyridine rings is 2. The Morgan fingerprint density at radius 3 is 2.83 bits per heavy atom. The molecule has 3 heterocycles. The van der Waals surface area contributed by atoms with E-state index in [1.54, 1.807) is 6.20 Å². The first-order chi connectivity index (χ1) is 11.5. The third-order valence-corrected chi connectivity index (χ3v) is 4.83. The molecule has 3 rings (SSSR count). The molecule has 0 radical (unpaired) electrons. The molecule has 6 heteroatoms. The number of aryl methyl sites for hydroxylation is 1. The van der Waals surface area contributed by atoms with E-state index < -0.39 is 0 Å². The number of anilines is 2. The summed E-state index contributed by atoms with van der Waals surface area (Å²) in [6.45, 7) is 6.21. The van der Waals surface area contributed by atoms with E-state index in [4.69, 9.17) is 5.73 Å². The summed E-state index contributed by atoms with van der Waals surface area (Å²) in [6, 6.07) is 7.67. The highest BCUT2D eigenvalue weighted by Crippen LogP contribution is 2.33. The number of thiophene rings is 1. The number of aromatic nitrogens is 2. The highest BCUT2D eigenvalue weighted by Gasteiger charge is 2.18. The lowest BCUT2D eigenvalue weighted by Crippen LogP contribution is -2.13. The molecule has 1 amide bonds. The van der Waals surface area contributed by atoms with E-state index in [2.05, 4.69) is 29.1 Å². The van der Waals surface area contributed by atoms with Crippen molar-refractivity contribution in [2.45, 2.75) is 27.2 Å². The molecule has 3 aromatic rings. The fourth-order valence-corrected chi connectivity index (χ4v) is 3.52. The van der Waals surface area contributed by atoms with Crippen LogP contribution in [-0.4, -0.2) is 15.9 Å². The van der Waals surface area contributed by atoms with Crippen LogP contribution in [-0.2, 0) is 6.42 Å². The number of rotatable bonds is 4. The van der Waals surface area contributed by atoms with Crippen molar-refractivity contribution in [2.24, 2.45) is 5.92 Å². The molecular weight excluding hydrogens is 320 g/mol. The molecule has 3 N–H and O–H groups in total. The Kier molecular flexibility index (Phi) is 4.49. The van der Waals surface area contributed by atoms with Crippen molar-refractivity contribution < 1.29 is 4.79 Å². The van der Waals surface area contributed by atoms with Gasteiger partial charge in [0.15, 0.2) is 0 Å². The first-order valence-corrected chi connectivity index (χ1v) is 8.68. The third kappa shape index (κ3) is 3.23. The van der Waals surface area contributed by atoms with Gasteiger partial charge in [0.2, 0.25) is 0 Å². The van der Waals surface area contributed by atoms with Crippen LogP contribution in [0.2, 0.25) is 0 Å². The van der Waals surface area contributed by atoms with Crippen molar-refractivity contribution in [3.8, 4) is 0 Å². The number of carbonyl (C=O) groups excluding carboxylic acids is 1. The van der Waals surface area contributed by atoms with Crippen molar-refractivity contribution in [2.75, 3.05) is 11.1 Å². The lowest BCUT2D eigenvalue weighted by molar-refractivity contribution is 0.103. The second-order valence-corrected chi connectivity index (χ2v) is 7.22. The van der Waals surface area contributed by atoms with Gasteiger partial charge in [-0.25, -0.2) is 9.97 Å². The molecule has 0 aliphatic carbocycles. The van der Waals surface area contributed by atoms with E-state index in [0.29, 0.717) is 22.3 Å². The van der Waals surface area contributed by atoms with E-state index in [0.717, 1.165) is 27.9 Å². The smallest absolute Gasteiger partial charge is 0.269 e. The Bertz CT molecular complexity index is 901. The number of nitrogens with two attached hydrogens (primary N) is 1. The van der Waals surface area contributed by atoms with Gasteiger partial charge in [-0.3, -0.25) is 4.79 Å². The minimum atomic E-state index is -0.247. The van der Waals surface area contributed by atoms with Gasteiger partial charge in [-0.2, -0.15) is 0 Å². The second-order valence-electron chi connectivity index (χ2n) is 6.22. The molecule has 0 fully saturated rings. The van der Waals surface area contributed by atoms with Gasteiger partial charge >= 0.3 is 0 Å². The molecule has 24 heavy (non-hydrogen) atoms. The fraction of sp³-hybridized carbons (Fsp3) is 0.278. The number of nitrogens with one attached hydrogen (secondary N) is 1. The molecular formula is C18H20N4OS. The van der Waals surface area contributed by atoms with Crippen LogP contribution >= 0.6 is 11.3 Å². The largest absolute Gasteiger partial charge is 0.397 e. The van der Waals surface area contributed by atoms with Gasteiger partial charge in [0.1, 0.15) is 15.5 Å². The molecule has 0 atom stereocenters. The van der Waals surface area contributed by atoms with E-state index >= 15 is 0 Å². The number of nitrogens with zero attached hydrogens (tertiary/aromatic N) is 2. The zero-order chi connectivity index (χ0) is 17.3. The zero-order valence-electron chi connectivity index (χ0n) is 14.0. The van der Waals surface area contributed by atoms with Gasteiger partial charge in [0, 0.05) is 17.3 Å². The Morgan fingerprint density at radius 1 is 1.33 bits per heavy atom. The van der Waals surface area contributed by atoms with Gasteiger partial charge in [-0.05, 0) is 43.0 Å². The predicted molar refractivity (Wildman–Crippen MR) is 99.5 cm³/mol. The van der Waals surface area contributed by atoms with Crippen molar-refractivity contribution in [1.29, 1.82) is 0 Å². The highest BCUT2D eigenvalue weighted by atomic mass is 32.1. The van der Waals surface area contributed by atoms with E-state index in [1.807, 2.05) is 31.2 Å². The van der Waals surface area contributed by atoms with Crippen LogP contribution < -0.4 is 11.1 Å². The third-order valence-electron chi connectivity index (χ3n) is 3.72. The number of hydrogen-bond acceptors (Lipinski definition) is 5. The molecule has 0 unspecified atom stereocenters. The van der Waals surface area contributed by atoms with Crippen LogP contribution in [0.3, 0.4) is 0 Å². The lowest BCUT2D eigenvalue weighted by Gasteiger charge is -2.05. The van der Waals surface area contributed by atoms with Crippen molar-refractivity contribution >= 4 is 39.0 Å². The maximum absolute atomic E-state index is 12.6. The van der Waals surface area contributed by atoms with Gasteiger partial charge < -0.3 is 11.1 Å². The van der Waals surface area contributed by atoms with Gasteiger partial charge in [0.05, 0.1) is 5.69 Å². The zero-order valence-corrected chi connectivity index (χ0v) is 14.8.